The number of carboxylic acid groups (broad SMARTS) is 1. The minimum atomic E-state index is -1.11. The maximum atomic E-state index is 11.6. The summed E-state index contributed by atoms with van der Waals surface area (Å²) in [4.78, 5) is 24.0. The highest BCUT2D eigenvalue weighted by Gasteiger charge is 2.55. The summed E-state index contributed by atoms with van der Waals surface area (Å²) in [5, 5.41) is 17.9. The number of β-lactam (4-membered cyclic amide) rings is 1. The first kappa shape index (κ1) is 12.7. The molecule has 0 aromatic carbocycles. The second kappa shape index (κ2) is 4.89. The molecule has 17 heavy (non-hydrogen) atoms. The number of aliphatic carboxylic acids is 1. The van der Waals surface area contributed by atoms with E-state index in [2.05, 4.69) is 0 Å². The number of fused-ring (bicyclic) bond motifs is 1. The molecular weight excluding hydrogens is 264 g/mol. The molecule has 1 unspecified atom stereocenters. The number of aliphatic hydroxyl groups is 1. The van der Waals surface area contributed by atoms with Crippen molar-refractivity contribution in [3.63, 3.8) is 0 Å². The molecule has 1 amide bonds. The molecule has 2 atom stereocenters. The molecule has 4 N–H and O–H groups in total. The predicted molar refractivity (Wildman–Crippen MR) is 65.0 cm³/mol. The standard InChI is InChI=1S/C9H12N2O4S2/c10-1-2-16-9-5(8(14)15)11-6(13)4(3-12)7(11)17-9/h4,7,12H,1-3,10H2,(H,14,15)/t4-,7?/m0/s1. The van der Waals surface area contributed by atoms with Crippen LogP contribution < -0.4 is 5.73 Å². The molecule has 0 aromatic heterocycles. The number of rotatable bonds is 5. The van der Waals surface area contributed by atoms with E-state index in [1.54, 1.807) is 0 Å². The number of hydrogen-bond donors (Lipinski definition) is 3. The van der Waals surface area contributed by atoms with Crippen molar-refractivity contribution in [2.75, 3.05) is 18.9 Å². The van der Waals surface area contributed by atoms with Crippen LogP contribution in [-0.2, 0) is 9.59 Å². The van der Waals surface area contributed by atoms with E-state index in [0.29, 0.717) is 16.5 Å². The maximum Gasteiger partial charge on any atom is 0.354 e. The fourth-order valence-corrected chi connectivity index (χ4v) is 4.41. The van der Waals surface area contributed by atoms with Crippen LogP contribution in [0.15, 0.2) is 9.93 Å². The van der Waals surface area contributed by atoms with Gasteiger partial charge in [0.05, 0.1) is 16.8 Å². The third-order valence-electron chi connectivity index (χ3n) is 2.57. The summed E-state index contributed by atoms with van der Waals surface area (Å²) in [6.07, 6.45) is 0. The van der Waals surface area contributed by atoms with Crippen molar-refractivity contribution >= 4 is 35.4 Å². The van der Waals surface area contributed by atoms with Gasteiger partial charge in [0, 0.05) is 12.3 Å². The van der Waals surface area contributed by atoms with Gasteiger partial charge in [0.2, 0.25) is 5.91 Å². The number of thioether (sulfide) groups is 2. The summed E-state index contributed by atoms with van der Waals surface area (Å²) in [5.41, 5.74) is 5.41. The Kier molecular flexibility index (Phi) is 3.67. The second-order valence-electron chi connectivity index (χ2n) is 3.58. The normalized spacial score (nSPS) is 27.2. The lowest BCUT2D eigenvalue weighted by molar-refractivity contribution is -0.153. The van der Waals surface area contributed by atoms with Crippen LogP contribution in [0.5, 0.6) is 0 Å². The summed E-state index contributed by atoms with van der Waals surface area (Å²) < 4.78 is 0.609. The quantitative estimate of drug-likeness (QED) is 0.579. The Hall–Kier alpha value is -0.700. The lowest BCUT2D eigenvalue weighted by Gasteiger charge is -2.41. The summed E-state index contributed by atoms with van der Waals surface area (Å²) in [6, 6.07) is 0. The van der Waals surface area contributed by atoms with E-state index in [-0.39, 0.29) is 23.6 Å². The minimum absolute atomic E-state index is 0.0353. The molecule has 2 aliphatic heterocycles. The van der Waals surface area contributed by atoms with Crippen molar-refractivity contribution in [2.24, 2.45) is 11.7 Å². The van der Waals surface area contributed by atoms with Crippen molar-refractivity contribution in [2.45, 2.75) is 5.37 Å². The van der Waals surface area contributed by atoms with Gasteiger partial charge in [-0.2, -0.15) is 0 Å². The van der Waals surface area contributed by atoms with Crippen LogP contribution in [0, 0.1) is 5.92 Å². The highest BCUT2D eigenvalue weighted by molar-refractivity contribution is 8.22. The summed E-state index contributed by atoms with van der Waals surface area (Å²) >= 11 is 2.67. The molecule has 2 rings (SSSR count). The molecule has 1 fully saturated rings. The first-order valence-electron chi connectivity index (χ1n) is 5.02. The van der Waals surface area contributed by atoms with E-state index < -0.39 is 11.9 Å². The molecule has 0 bridgehead atoms. The van der Waals surface area contributed by atoms with E-state index in [1.165, 1.54) is 28.4 Å². The third-order valence-corrected chi connectivity index (χ3v) is 5.29. The summed E-state index contributed by atoms with van der Waals surface area (Å²) in [6.45, 7) is 0.207. The first-order chi connectivity index (χ1) is 8.11. The van der Waals surface area contributed by atoms with Crippen LogP contribution in [0.3, 0.4) is 0 Å². The van der Waals surface area contributed by atoms with E-state index in [1.807, 2.05) is 0 Å². The largest absolute Gasteiger partial charge is 0.477 e. The molecule has 94 valence electrons. The minimum Gasteiger partial charge on any atom is -0.477 e. The number of nitrogens with zero attached hydrogens (tertiary/aromatic N) is 1. The van der Waals surface area contributed by atoms with E-state index >= 15 is 0 Å². The van der Waals surface area contributed by atoms with E-state index in [0.717, 1.165) is 0 Å². The van der Waals surface area contributed by atoms with Gasteiger partial charge in [-0.1, -0.05) is 11.8 Å². The average molecular weight is 276 g/mol. The van der Waals surface area contributed by atoms with E-state index in [9.17, 15) is 9.59 Å². The molecule has 6 nitrogen and oxygen atoms in total. The van der Waals surface area contributed by atoms with Gasteiger partial charge in [0.15, 0.2) is 5.70 Å². The van der Waals surface area contributed by atoms with Crippen LogP contribution in [0.2, 0.25) is 0 Å². The zero-order valence-electron chi connectivity index (χ0n) is 8.83. The number of carbonyl (C=O) groups is 2. The topological polar surface area (TPSA) is 104 Å². The fourth-order valence-electron chi connectivity index (χ4n) is 1.77. The Morgan fingerprint density at radius 1 is 1.59 bits per heavy atom. The van der Waals surface area contributed by atoms with Crippen LogP contribution in [0.4, 0.5) is 0 Å². The van der Waals surface area contributed by atoms with Crippen LogP contribution in [0.25, 0.3) is 0 Å². The Morgan fingerprint density at radius 2 is 2.29 bits per heavy atom. The molecule has 1 saturated heterocycles. The van der Waals surface area contributed by atoms with Crippen molar-refractivity contribution in [1.82, 2.24) is 4.90 Å². The average Bonchev–Trinajstić information content (AvgIpc) is 2.62. The first-order valence-corrected chi connectivity index (χ1v) is 6.89. The number of hydrogen-bond acceptors (Lipinski definition) is 6. The molecule has 8 heteroatoms. The smallest absolute Gasteiger partial charge is 0.354 e. The molecule has 2 heterocycles. The van der Waals surface area contributed by atoms with Gasteiger partial charge < -0.3 is 15.9 Å². The highest BCUT2D eigenvalue weighted by Crippen LogP contribution is 2.52. The molecule has 0 aliphatic carbocycles. The van der Waals surface area contributed by atoms with Gasteiger partial charge in [0.25, 0.3) is 0 Å². The predicted octanol–water partition coefficient (Wildman–Crippen LogP) is -0.544. The Balaban J connectivity index is 2.20. The van der Waals surface area contributed by atoms with E-state index in [4.69, 9.17) is 15.9 Å². The molecular formula is C9H12N2O4S2. The van der Waals surface area contributed by atoms with Gasteiger partial charge in [-0.25, -0.2) is 4.79 Å². The maximum absolute atomic E-state index is 11.6. The highest BCUT2D eigenvalue weighted by atomic mass is 32.2. The Labute approximate surface area is 106 Å². The lowest BCUT2D eigenvalue weighted by Crippen LogP contribution is -2.58. The van der Waals surface area contributed by atoms with Gasteiger partial charge in [-0.3, -0.25) is 9.69 Å². The van der Waals surface area contributed by atoms with Crippen molar-refractivity contribution in [3.05, 3.63) is 9.93 Å². The SMILES string of the molecule is NCCSC1=C(C(=O)O)N2C(=O)[C@H](CO)C2S1. The molecule has 2 aliphatic rings. The van der Waals surface area contributed by atoms with Gasteiger partial charge in [0.1, 0.15) is 5.37 Å². The van der Waals surface area contributed by atoms with Crippen molar-refractivity contribution in [3.8, 4) is 0 Å². The molecule has 0 saturated carbocycles. The Morgan fingerprint density at radius 3 is 2.82 bits per heavy atom. The summed E-state index contributed by atoms with van der Waals surface area (Å²) in [5.74, 6) is -1.29. The monoisotopic (exact) mass is 276 g/mol. The van der Waals surface area contributed by atoms with Crippen molar-refractivity contribution < 1.29 is 19.8 Å². The van der Waals surface area contributed by atoms with Crippen LogP contribution in [-0.4, -0.2) is 51.3 Å². The van der Waals surface area contributed by atoms with Crippen LogP contribution >= 0.6 is 23.5 Å². The number of amides is 1. The van der Waals surface area contributed by atoms with Gasteiger partial charge in [-0.15, -0.1) is 11.8 Å². The fraction of sp³-hybridized carbons (Fsp3) is 0.556. The van der Waals surface area contributed by atoms with Crippen molar-refractivity contribution in [1.29, 1.82) is 0 Å². The Bertz CT molecular complexity index is 398. The number of nitrogens with two attached hydrogens (primary N) is 1. The second-order valence-corrected chi connectivity index (χ2v) is 6.07. The van der Waals surface area contributed by atoms with Gasteiger partial charge >= 0.3 is 5.97 Å². The zero-order chi connectivity index (χ0) is 12.6. The summed E-state index contributed by atoms with van der Waals surface area (Å²) in [7, 11) is 0. The van der Waals surface area contributed by atoms with Gasteiger partial charge in [-0.05, 0) is 0 Å². The van der Waals surface area contributed by atoms with Crippen LogP contribution in [0.1, 0.15) is 0 Å². The third kappa shape index (κ3) is 1.95. The number of carboxylic acids is 1. The number of aliphatic hydroxyl groups excluding tert-OH is 1. The zero-order valence-corrected chi connectivity index (χ0v) is 10.5. The lowest BCUT2D eigenvalue weighted by atomic mass is 9.99. The number of carbonyl (C=O) groups excluding carboxylic acids is 1. The molecule has 0 spiro atoms. The molecule has 0 radical (unpaired) electrons. The molecule has 0 aromatic rings.